The average Bonchev–Trinajstić information content (AvgIpc) is 2.64. The molecule has 3 rings (SSSR count). The van der Waals surface area contributed by atoms with E-state index in [1.165, 1.54) is 24.3 Å². The summed E-state index contributed by atoms with van der Waals surface area (Å²) in [5.41, 5.74) is -1.03. The molecular weight excluding hydrogens is 412 g/mol. The van der Waals surface area contributed by atoms with Crippen molar-refractivity contribution in [3.05, 3.63) is 34.5 Å². The van der Waals surface area contributed by atoms with E-state index in [9.17, 15) is 24.0 Å². The molecule has 31 heavy (non-hydrogen) atoms. The topological polar surface area (TPSA) is 135 Å². The fourth-order valence-corrected chi connectivity index (χ4v) is 2.85. The van der Waals surface area contributed by atoms with Crippen molar-refractivity contribution >= 4 is 45.8 Å². The number of rotatable bonds is 4. The van der Waals surface area contributed by atoms with Crippen LogP contribution in [0.3, 0.4) is 0 Å². The first-order chi connectivity index (χ1) is 14.6. The summed E-state index contributed by atoms with van der Waals surface area (Å²) < 4.78 is 26.2. The smallest absolute Gasteiger partial charge is 0.308 e. The molecular formula is C21H16O10. The standard InChI is InChI=1S/C21H16O10/c1-9(22)27-15-7-5-13-17(26)14-6-8-16(28-10(2)23)21(30-12(4)25)19(14)31-18(13)20(15)29-11(3)24/h5-8H,1-4H3. The van der Waals surface area contributed by atoms with Crippen LogP contribution in [0, 0.1) is 0 Å². The van der Waals surface area contributed by atoms with E-state index < -0.39 is 29.3 Å². The highest BCUT2D eigenvalue weighted by Gasteiger charge is 2.24. The lowest BCUT2D eigenvalue weighted by atomic mass is 10.1. The van der Waals surface area contributed by atoms with Gasteiger partial charge < -0.3 is 23.4 Å². The number of fused-ring (bicyclic) bond motifs is 2. The van der Waals surface area contributed by atoms with Crippen LogP contribution in [0.5, 0.6) is 23.0 Å². The number of hydrogen-bond donors (Lipinski definition) is 0. The predicted molar refractivity (Wildman–Crippen MR) is 105 cm³/mol. The van der Waals surface area contributed by atoms with Gasteiger partial charge in [0.15, 0.2) is 22.7 Å². The highest BCUT2D eigenvalue weighted by atomic mass is 16.6. The van der Waals surface area contributed by atoms with Crippen molar-refractivity contribution in [2.75, 3.05) is 0 Å². The molecule has 0 bridgehead atoms. The van der Waals surface area contributed by atoms with Crippen LogP contribution in [0.1, 0.15) is 27.7 Å². The van der Waals surface area contributed by atoms with Gasteiger partial charge in [-0.3, -0.25) is 24.0 Å². The maximum atomic E-state index is 13.1. The summed E-state index contributed by atoms with van der Waals surface area (Å²) in [6.45, 7) is 4.50. The van der Waals surface area contributed by atoms with E-state index in [2.05, 4.69) is 0 Å². The van der Waals surface area contributed by atoms with Crippen LogP contribution in [-0.2, 0) is 19.2 Å². The Morgan fingerprint density at radius 2 is 0.968 bits per heavy atom. The molecule has 0 N–H and O–H groups in total. The van der Waals surface area contributed by atoms with Crippen LogP contribution in [-0.4, -0.2) is 23.9 Å². The van der Waals surface area contributed by atoms with Gasteiger partial charge in [-0.25, -0.2) is 0 Å². The summed E-state index contributed by atoms with van der Waals surface area (Å²) in [6.07, 6.45) is 0. The Morgan fingerprint density at radius 3 is 1.29 bits per heavy atom. The molecule has 0 aliphatic rings. The van der Waals surface area contributed by atoms with Crippen molar-refractivity contribution in [1.29, 1.82) is 0 Å². The van der Waals surface area contributed by atoms with Crippen LogP contribution in [0.25, 0.3) is 21.9 Å². The molecule has 0 spiro atoms. The maximum Gasteiger partial charge on any atom is 0.308 e. The zero-order chi connectivity index (χ0) is 22.9. The van der Waals surface area contributed by atoms with Crippen LogP contribution >= 0.6 is 0 Å². The minimum Gasteiger partial charge on any atom is -0.448 e. The Bertz CT molecular complexity index is 1220. The lowest BCUT2D eigenvalue weighted by Crippen LogP contribution is -2.11. The van der Waals surface area contributed by atoms with Gasteiger partial charge in [0.05, 0.1) is 10.8 Å². The number of carbonyl (C=O) groups is 4. The van der Waals surface area contributed by atoms with E-state index >= 15 is 0 Å². The molecule has 0 amide bonds. The van der Waals surface area contributed by atoms with Gasteiger partial charge in [-0.05, 0) is 24.3 Å². The third kappa shape index (κ3) is 4.37. The van der Waals surface area contributed by atoms with E-state index in [0.29, 0.717) is 0 Å². The predicted octanol–water partition coefficient (Wildman–Crippen LogP) is 2.65. The summed E-state index contributed by atoms with van der Waals surface area (Å²) in [4.78, 5) is 59.2. The second-order valence-electron chi connectivity index (χ2n) is 6.34. The molecule has 0 saturated heterocycles. The largest absolute Gasteiger partial charge is 0.448 e. The highest BCUT2D eigenvalue weighted by molar-refractivity contribution is 5.98. The number of carbonyl (C=O) groups excluding carboxylic acids is 4. The molecule has 10 nitrogen and oxygen atoms in total. The molecule has 1 heterocycles. The molecule has 0 aliphatic carbocycles. The number of benzene rings is 2. The normalized spacial score (nSPS) is 10.6. The lowest BCUT2D eigenvalue weighted by Gasteiger charge is -2.13. The Morgan fingerprint density at radius 1 is 0.613 bits per heavy atom. The van der Waals surface area contributed by atoms with Crippen LogP contribution in [0.2, 0.25) is 0 Å². The van der Waals surface area contributed by atoms with Gasteiger partial charge >= 0.3 is 23.9 Å². The van der Waals surface area contributed by atoms with Gasteiger partial charge in [-0.1, -0.05) is 0 Å². The van der Waals surface area contributed by atoms with E-state index in [1.54, 1.807) is 0 Å². The van der Waals surface area contributed by atoms with Crippen LogP contribution in [0.4, 0.5) is 0 Å². The maximum absolute atomic E-state index is 13.1. The van der Waals surface area contributed by atoms with Crippen molar-refractivity contribution in [2.24, 2.45) is 0 Å². The van der Waals surface area contributed by atoms with E-state index in [0.717, 1.165) is 27.7 Å². The molecule has 160 valence electrons. The van der Waals surface area contributed by atoms with Crippen molar-refractivity contribution in [1.82, 2.24) is 0 Å². The fourth-order valence-electron chi connectivity index (χ4n) is 2.85. The fraction of sp³-hybridized carbons (Fsp3) is 0.190. The van der Waals surface area contributed by atoms with E-state index in [1.807, 2.05) is 0 Å². The quantitative estimate of drug-likeness (QED) is 0.346. The van der Waals surface area contributed by atoms with Gasteiger partial charge in [0.1, 0.15) is 0 Å². The van der Waals surface area contributed by atoms with Crippen molar-refractivity contribution in [3.8, 4) is 23.0 Å². The Balaban J connectivity index is 2.46. The Labute approximate surface area is 174 Å². The van der Waals surface area contributed by atoms with Crippen LogP contribution < -0.4 is 24.4 Å². The zero-order valence-corrected chi connectivity index (χ0v) is 16.9. The monoisotopic (exact) mass is 428 g/mol. The van der Waals surface area contributed by atoms with Gasteiger partial charge in [-0.15, -0.1) is 0 Å². The highest BCUT2D eigenvalue weighted by Crippen LogP contribution is 2.41. The third-order valence-corrected chi connectivity index (χ3v) is 3.84. The second-order valence-corrected chi connectivity index (χ2v) is 6.34. The molecule has 2 aromatic carbocycles. The molecule has 3 aromatic rings. The third-order valence-electron chi connectivity index (χ3n) is 3.84. The molecule has 0 atom stereocenters. The average molecular weight is 428 g/mol. The Kier molecular flexibility index (Phi) is 5.73. The number of hydrogen-bond acceptors (Lipinski definition) is 10. The number of esters is 4. The Hall–Kier alpha value is -4.21. The van der Waals surface area contributed by atoms with Crippen molar-refractivity contribution < 1.29 is 42.5 Å². The van der Waals surface area contributed by atoms with Crippen molar-refractivity contribution in [2.45, 2.75) is 27.7 Å². The SMILES string of the molecule is CC(=O)Oc1ccc2c(=O)c3ccc(OC(C)=O)c(OC(C)=O)c3oc2c1OC(C)=O. The van der Waals surface area contributed by atoms with Gasteiger partial charge in [0.2, 0.25) is 16.9 Å². The molecule has 0 saturated carbocycles. The second kappa shape index (κ2) is 8.27. The molecule has 0 fully saturated rings. The van der Waals surface area contributed by atoms with Gasteiger partial charge in [0.25, 0.3) is 0 Å². The van der Waals surface area contributed by atoms with Gasteiger partial charge in [0, 0.05) is 27.7 Å². The first-order valence-electron chi connectivity index (χ1n) is 8.88. The summed E-state index contributed by atoms with van der Waals surface area (Å²) in [6, 6.07) is 5.23. The van der Waals surface area contributed by atoms with E-state index in [4.69, 9.17) is 23.4 Å². The summed E-state index contributed by atoms with van der Waals surface area (Å²) in [7, 11) is 0. The summed E-state index contributed by atoms with van der Waals surface area (Å²) in [5, 5.41) is 0.0160. The molecule has 0 aliphatic heterocycles. The summed E-state index contributed by atoms with van der Waals surface area (Å²) >= 11 is 0. The first kappa shape index (κ1) is 21.5. The van der Waals surface area contributed by atoms with Gasteiger partial charge in [-0.2, -0.15) is 0 Å². The van der Waals surface area contributed by atoms with Crippen molar-refractivity contribution in [3.63, 3.8) is 0 Å². The van der Waals surface area contributed by atoms with Crippen LogP contribution in [0.15, 0.2) is 33.5 Å². The zero-order valence-electron chi connectivity index (χ0n) is 16.9. The minimum absolute atomic E-state index is 0.00802. The first-order valence-corrected chi connectivity index (χ1v) is 8.88. The molecule has 0 unspecified atom stereocenters. The number of ether oxygens (including phenoxy) is 4. The summed E-state index contributed by atoms with van der Waals surface area (Å²) in [5.74, 6) is -3.89. The molecule has 1 aromatic heterocycles. The molecule has 0 radical (unpaired) electrons. The lowest BCUT2D eigenvalue weighted by molar-refractivity contribution is -0.134. The van der Waals surface area contributed by atoms with E-state index in [-0.39, 0.29) is 44.9 Å². The minimum atomic E-state index is -0.766. The molecule has 10 heteroatoms.